The van der Waals surface area contributed by atoms with E-state index in [1.54, 1.807) is 13.4 Å². The lowest BCUT2D eigenvalue weighted by Gasteiger charge is -2.06. The molecule has 7 heteroatoms. The molecular weight excluding hydrogens is 288 g/mol. The largest absolute Gasteiger partial charge is 0.383 e. The van der Waals surface area contributed by atoms with Crippen molar-refractivity contribution in [3.63, 3.8) is 0 Å². The second-order valence-corrected chi connectivity index (χ2v) is 5.37. The predicted molar refractivity (Wildman–Crippen MR) is 82.3 cm³/mol. The highest BCUT2D eigenvalue weighted by Crippen LogP contribution is 2.16. The van der Waals surface area contributed by atoms with Crippen LogP contribution in [0.25, 0.3) is 0 Å². The van der Waals surface area contributed by atoms with Gasteiger partial charge in [-0.05, 0) is 12.1 Å². The highest BCUT2D eigenvalue weighted by molar-refractivity contribution is 7.99. The number of para-hydroxylation sites is 1. The molecule has 2 rings (SSSR count). The Hall–Kier alpha value is -1.86. The number of benzene rings is 1. The lowest BCUT2D eigenvalue weighted by Crippen LogP contribution is -2.12. The van der Waals surface area contributed by atoms with E-state index in [9.17, 15) is 4.79 Å². The summed E-state index contributed by atoms with van der Waals surface area (Å²) in [7, 11) is 1.66. The minimum absolute atomic E-state index is 0.00310. The highest BCUT2D eigenvalue weighted by Gasteiger charge is 2.07. The van der Waals surface area contributed by atoms with Crippen LogP contribution in [0.2, 0.25) is 0 Å². The molecule has 1 aromatic carbocycles. The van der Waals surface area contributed by atoms with Gasteiger partial charge in [-0.15, -0.1) is 10.2 Å². The Kier molecular flexibility index (Phi) is 6.23. The van der Waals surface area contributed by atoms with Crippen molar-refractivity contribution in [2.75, 3.05) is 24.8 Å². The lowest BCUT2D eigenvalue weighted by molar-refractivity contribution is -0.115. The van der Waals surface area contributed by atoms with Crippen LogP contribution in [0, 0.1) is 0 Å². The van der Waals surface area contributed by atoms with Gasteiger partial charge in [-0.1, -0.05) is 30.0 Å². The van der Waals surface area contributed by atoms with Gasteiger partial charge in [-0.3, -0.25) is 4.79 Å². The Bertz CT molecular complexity index is 559. The number of anilines is 1. The third-order valence-electron chi connectivity index (χ3n) is 2.73. The van der Waals surface area contributed by atoms with Crippen molar-refractivity contribution in [1.82, 2.24) is 14.8 Å². The average molecular weight is 306 g/mol. The van der Waals surface area contributed by atoms with Gasteiger partial charge in [0.2, 0.25) is 5.91 Å². The number of amides is 1. The zero-order chi connectivity index (χ0) is 14.9. The molecule has 21 heavy (non-hydrogen) atoms. The van der Waals surface area contributed by atoms with Gasteiger partial charge in [0.25, 0.3) is 0 Å². The van der Waals surface area contributed by atoms with Crippen LogP contribution >= 0.6 is 11.8 Å². The van der Waals surface area contributed by atoms with E-state index in [-0.39, 0.29) is 5.91 Å². The number of hydrogen-bond donors (Lipinski definition) is 1. The molecule has 1 heterocycles. The summed E-state index contributed by atoms with van der Waals surface area (Å²) in [6.45, 7) is 1.32. The van der Waals surface area contributed by atoms with E-state index < -0.39 is 0 Å². The fraction of sp³-hybridized carbons (Fsp3) is 0.357. The van der Waals surface area contributed by atoms with Crippen molar-refractivity contribution in [2.45, 2.75) is 18.1 Å². The van der Waals surface area contributed by atoms with Crippen molar-refractivity contribution in [3.05, 3.63) is 36.7 Å². The van der Waals surface area contributed by atoms with E-state index in [0.717, 1.165) is 10.8 Å². The van der Waals surface area contributed by atoms with E-state index in [2.05, 4.69) is 15.5 Å². The molecule has 0 aliphatic carbocycles. The summed E-state index contributed by atoms with van der Waals surface area (Å²) < 4.78 is 6.95. The third kappa shape index (κ3) is 5.20. The number of carbonyl (C=O) groups excluding carboxylic acids is 1. The molecule has 0 saturated heterocycles. The van der Waals surface area contributed by atoms with Crippen molar-refractivity contribution < 1.29 is 9.53 Å². The van der Waals surface area contributed by atoms with Crippen molar-refractivity contribution >= 4 is 23.4 Å². The summed E-state index contributed by atoms with van der Waals surface area (Å²) in [6.07, 6.45) is 2.10. The predicted octanol–water partition coefficient (Wildman–Crippen LogP) is 2.05. The Balaban J connectivity index is 1.74. The first-order chi connectivity index (χ1) is 10.3. The molecule has 1 aromatic heterocycles. The number of ether oxygens (including phenoxy) is 1. The number of hydrogen-bond acceptors (Lipinski definition) is 5. The average Bonchev–Trinajstić information content (AvgIpc) is 2.93. The van der Waals surface area contributed by atoms with Gasteiger partial charge in [-0.2, -0.15) is 0 Å². The summed E-state index contributed by atoms with van der Waals surface area (Å²) in [5.74, 6) is 0.654. The molecule has 6 nitrogen and oxygen atoms in total. The zero-order valence-corrected chi connectivity index (χ0v) is 12.7. The molecule has 1 amide bonds. The number of carbonyl (C=O) groups is 1. The maximum Gasteiger partial charge on any atom is 0.225 e. The monoisotopic (exact) mass is 306 g/mol. The number of aromatic nitrogens is 3. The maximum atomic E-state index is 11.8. The SMILES string of the molecule is COCCn1cnnc1SCCC(=O)Nc1ccccc1. The Morgan fingerprint density at radius 2 is 2.19 bits per heavy atom. The lowest BCUT2D eigenvalue weighted by atomic mass is 10.3. The normalized spacial score (nSPS) is 10.5. The van der Waals surface area contributed by atoms with Crippen LogP contribution in [0.15, 0.2) is 41.8 Å². The summed E-state index contributed by atoms with van der Waals surface area (Å²) in [6, 6.07) is 9.43. The highest BCUT2D eigenvalue weighted by atomic mass is 32.2. The second-order valence-electron chi connectivity index (χ2n) is 4.31. The standard InChI is InChI=1S/C14H18N4O2S/c1-20-9-8-18-11-15-17-14(18)21-10-7-13(19)16-12-5-3-2-4-6-12/h2-6,11H,7-10H2,1H3,(H,16,19). The minimum Gasteiger partial charge on any atom is -0.383 e. The summed E-state index contributed by atoms with van der Waals surface area (Å²) in [5, 5.41) is 11.6. The molecular formula is C14H18N4O2S. The topological polar surface area (TPSA) is 69.0 Å². The first kappa shape index (κ1) is 15.5. The number of nitrogens with one attached hydrogen (secondary N) is 1. The van der Waals surface area contributed by atoms with Crippen LogP contribution in [0.1, 0.15) is 6.42 Å². The quantitative estimate of drug-likeness (QED) is 0.756. The van der Waals surface area contributed by atoms with Gasteiger partial charge >= 0.3 is 0 Å². The van der Waals surface area contributed by atoms with E-state index in [1.807, 2.05) is 34.9 Å². The Morgan fingerprint density at radius 3 is 2.95 bits per heavy atom. The minimum atomic E-state index is -0.00310. The third-order valence-corrected chi connectivity index (χ3v) is 3.72. The van der Waals surface area contributed by atoms with Crippen molar-refractivity contribution in [2.24, 2.45) is 0 Å². The van der Waals surface area contributed by atoms with Gasteiger partial charge in [0, 0.05) is 31.5 Å². The molecule has 112 valence electrons. The van der Waals surface area contributed by atoms with Gasteiger partial charge in [0.15, 0.2) is 5.16 Å². The van der Waals surface area contributed by atoms with Crippen molar-refractivity contribution in [3.8, 4) is 0 Å². The second kappa shape index (κ2) is 8.43. The molecule has 0 aliphatic rings. The maximum absolute atomic E-state index is 11.8. The van der Waals surface area contributed by atoms with E-state index in [0.29, 0.717) is 25.3 Å². The summed E-state index contributed by atoms with van der Waals surface area (Å²) >= 11 is 1.52. The first-order valence-corrected chi connectivity index (χ1v) is 7.62. The fourth-order valence-corrected chi connectivity index (χ4v) is 2.56. The van der Waals surface area contributed by atoms with E-state index in [1.165, 1.54) is 11.8 Å². The zero-order valence-electron chi connectivity index (χ0n) is 11.9. The fourth-order valence-electron chi connectivity index (χ4n) is 1.68. The number of rotatable bonds is 8. The molecule has 0 atom stereocenters. The summed E-state index contributed by atoms with van der Waals surface area (Å²) in [5.41, 5.74) is 0.816. The van der Waals surface area contributed by atoms with Crippen LogP contribution in [-0.2, 0) is 16.1 Å². The van der Waals surface area contributed by atoms with Crippen LogP contribution in [0.4, 0.5) is 5.69 Å². The number of thioether (sulfide) groups is 1. The molecule has 0 unspecified atom stereocenters. The number of methoxy groups -OCH3 is 1. The summed E-state index contributed by atoms with van der Waals surface area (Å²) in [4.78, 5) is 11.8. The molecule has 1 N–H and O–H groups in total. The Morgan fingerprint density at radius 1 is 1.38 bits per heavy atom. The molecule has 2 aromatic rings. The van der Waals surface area contributed by atoms with Gasteiger partial charge in [-0.25, -0.2) is 0 Å². The van der Waals surface area contributed by atoms with Gasteiger partial charge in [0.1, 0.15) is 6.33 Å². The molecule has 0 radical (unpaired) electrons. The van der Waals surface area contributed by atoms with Gasteiger partial charge < -0.3 is 14.6 Å². The van der Waals surface area contributed by atoms with E-state index >= 15 is 0 Å². The molecule has 0 fully saturated rings. The molecule has 0 aliphatic heterocycles. The molecule has 0 spiro atoms. The molecule has 0 bridgehead atoms. The molecule has 0 saturated carbocycles. The van der Waals surface area contributed by atoms with Crippen LogP contribution in [0.5, 0.6) is 0 Å². The van der Waals surface area contributed by atoms with E-state index in [4.69, 9.17) is 4.74 Å². The first-order valence-electron chi connectivity index (χ1n) is 6.64. The van der Waals surface area contributed by atoms with Crippen LogP contribution in [0.3, 0.4) is 0 Å². The van der Waals surface area contributed by atoms with Gasteiger partial charge in [0.05, 0.1) is 6.61 Å². The van der Waals surface area contributed by atoms with Crippen LogP contribution in [-0.4, -0.2) is 40.1 Å². The Labute approximate surface area is 127 Å². The van der Waals surface area contributed by atoms with Crippen LogP contribution < -0.4 is 5.32 Å². The van der Waals surface area contributed by atoms with Crippen molar-refractivity contribution in [1.29, 1.82) is 0 Å². The smallest absolute Gasteiger partial charge is 0.225 e. The number of nitrogens with zero attached hydrogens (tertiary/aromatic N) is 3.